The van der Waals surface area contributed by atoms with Gasteiger partial charge in [0, 0.05) is 6.54 Å². The maximum absolute atomic E-state index is 9.56. The van der Waals surface area contributed by atoms with Gasteiger partial charge < -0.3 is 10.0 Å². The molecule has 1 aromatic carbocycles. The van der Waals surface area contributed by atoms with Gasteiger partial charge in [-0.25, -0.2) is 0 Å². The van der Waals surface area contributed by atoms with Crippen LogP contribution in [0, 0.1) is 0 Å². The number of aliphatic hydroxyl groups is 1. The summed E-state index contributed by atoms with van der Waals surface area (Å²) in [6, 6.07) is 7.93. The first-order chi connectivity index (χ1) is 6.63. The van der Waals surface area contributed by atoms with Crippen LogP contribution < -0.4 is 0 Å². The Balaban J connectivity index is 2.83. The van der Waals surface area contributed by atoms with E-state index in [0.29, 0.717) is 0 Å². The van der Waals surface area contributed by atoms with Gasteiger partial charge in [-0.05, 0) is 25.2 Å². The molecule has 0 saturated heterocycles. The first kappa shape index (κ1) is 11.0. The predicted molar refractivity (Wildman–Crippen MR) is 59.0 cm³/mol. The first-order valence-electron chi connectivity index (χ1n) is 4.67. The van der Waals surface area contributed by atoms with Crippen LogP contribution in [0.25, 0.3) is 0 Å². The summed E-state index contributed by atoms with van der Waals surface area (Å²) in [4.78, 5) is 2.10. The molecule has 1 N–H and O–H groups in total. The molecule has 0 fully saturated rings. The van der Waals surface area contributed by atoms with Gasteiger partial charge in [-0.1, -0.05) is 30.3 Å². The van der Waals surface area contributed by atoms with E-state index in [0.717, 1.165) is 12.1 Å². The monoisotopic (exact) mass is 191 g/mol. The lowest BCUT2D eigenvalue weighted by Crippen LogP contribution is -2.10. The molecule has 14 heavy (non-hydrogen) atoms. The SMILES string of the molecule is C=CC(O)c1cccc(CN(C)C)c1. The summed E-state index contributed by atoms with van der Waals surface area (Å²) in [5.74, 6) is 0. The Morgan fingerprint density at radius 3 is 2.79 bits per heavy atom. The maximum Gasteiger partial charge on any atom is 0.0969 e. The van der Waals surface area contributed by atoms with E-state index in [1.165, 1.54) is 11.6 Å². The lowest BCUT2D eigenvalue weighted by Gasteiger charge is -2.12. The van der Waals surface area contributed by atoms with Crippen molar-refractivity contribution >= 4 is 0 Å². The molecule has 76 valence electrons. The molecular weight excluding hydrogens is 174 g/mol. The van der Waals surface area contributed by atoms with Crippen molar-refractivity contribution in [3.8, 4) is 0 Å². The van der Waals surface area contributed by atoms with Crippen LogP contribution >= 0.6 is 0 Å². The minimum atomic E-state index is -0.558. The fourth-order valence-electron chi connectivity index (χ4n) is 1.38. The summed E-state index contributed by atoms with van der Waals surface area (Å²) < 4.78 is 0. The average Bonchev–Trinajstić information content (AvgIpc) is 2.16. The molecule has 0 radical (unpaired) electrons. The maximum atomic E-state index is 9.56. The molecule has 2 heteroatoms. The second kappa shape index (κ2) is 4.94. The van der Waals surface area contributed by atoms with Gasteiger partial charge in [0.25, 0.3) is 0 Å². The van der Waals surface area contributed by atoms with E-state index < -0.39 is 6.10 Å². The molecule has 0 aliphatic heterocycles. The summed E-state index contributed by atoms with van der Waals surface area (Å²) in [7, 11) is 4.05. The van der Waals surface area contributed by atoms with Crippen molar-refractivity contribution < 1.29 is 5.11 Å². The van der Waals surface area contributed by atoms with Crippen molar-refractivity contribution in [2.45, 2.75) is 12.6 Å². The Morgan fingerprint density at radius 1 is 1.50 bits per heavy atom. The molecule has 1 aromatic rings. The lowest BCUT2D eigenvalue weighted by atomic mass is 10.1. The van der Waals surface area contributed by atoms with Crippen LogP contribution in [0.1, 0.15) is 17.2 Å². The second-order valence-corrected chi connectivity index (χ2v) is 3.66. The van der Waals surface area contributed by atoms with Crippen molar-refractivity contribution in [3.05, 3.63) is 48.0 Å². The van der Waals surface area contributed by atoms with Crippen LogP contribution in [0.15, 0.2) is 36.9 Å². The standard InChI is InChI=1S/C12H17NO/c1-4-12(14)11-7-5-6-10(8-11)9-13(2)3/h4-8,12,14H,1,9H2,2-3H3. The van der Waals surface area contributed by atoms with Crippen LogP contribution in [0.3, 0.4) is 0 Å². The van der Waals surface area contributed by atoms with Crippen LogP contribution in [0.5, 0.6) is 0 Å². The smallest absolute Gasteiger partial charge is 0.0969 e. The number of nitrogens with zero attached hydrogens (tertiary/aromatic N) is 1. The number of rotatable bonds is 4. The quantitative estimate of drug-likeness (QED) is 0.735. The highest BCUT2D eigenvalue weighted by Gasteiger charge is 2.03. The van der Waals surface area contributed by atoms with E-state index in [4.69, 9.17) is 0 Å². The van der Waals surface area contributed by atoms with Gasteiger partial charge in [-0.3, -0.25) is 0 Å². The number of aliphatic hydroxyl groups excluding tert-OH is 1. The highest BCUT2D eigenvalue weighted by atomic mass is 16.3. The Labute approximate surface area is 85.5 Å². The molecule has 0 bridgehead atoms. The van der Waals surface area contributed by atoms with Gasteiger partial charge in [0.05, 0.1) is 6.10 Å². The minimum absolute atomic E-state index is 0.558. The normalized spacial score (nSPS) is 12.9. The zero-order valence-electron chi connectivity index (χ0n) is 8.77. The van der Waals surface area contributed by atoms with Gasteiger partial charge in [0.1, 0.15) is 0 Å². The van der Waals surface area contributed by atoms with E-state index in [1.54, 1.807) is 0 Å². The minimum Gasteiger partial charge on any atom is -0.384 e. The fourth-order valence-corrected chi connectivity index (χ4v) is 1.38. The lowest BCUT2D eigenvalue weighted by molar-refractivity contribution is 0.229. The Hall–Kier alpha value is -1.12. The van der Waals surface area contributed by atoms with Crippen molar-refractivity contribution in [1.82, 2.24) is 4.90 Å². The van der Waals surface area contributed by atoms with E-state index in [-0.39, 0.29) is 0 Å². The van der Waals surface area contributed by atoms with Gasteiger partial charge >= 0.3 is 0 Å². The summed E-state index contributed by atoms with van der Waals surface area (Å²) in [5, 5.41) is 9.56. The summed E-state index contributed by atoms with van der Waals surface area (Å²) in [6.45, 7) is 4.45. The topological polar surface area (TPSA) is 23.5 Å². The van der Waals surface area contributed by atoms with Gasteiger partial charge in [-0.2, -0.15) is 0 Å². The molecule has 0 amide bonds. The first-order valence-corrected chi connectivity index (χ1v) is 4.67. The third-order valence-electron chi connectivity index (χ3n) is 2.01. The highest BCUT2D eigenvalue weighted by Crippen LogP contribution is 2.15. The summed E-state index contributed by atoms with van der Waals surface area (Å²) >= 11 is 0. The highest BCUT2D eigenvalue weighted by molar-refractivity contribution is 5.26. The van der Waals surface area contributed by atoms with Crippen LogP contribution in [0.4, 0.5) is 0 Å². The molecular formula is C12H17NO. The van der Waals surface area contributed by atoms with E-state index in [1.807, 2.05) is 32.3 Å². The predicted octanol–water partition coefficient (Wildman–Crippen LogP) is 1.97. The number of hydrogen-bond donors (Lipinski definition) is 1. The summed E-state index contributed by atoms with van der Waals surface area (Å²) in [6.07, 6.45) is 0.978. The second-order valence-electron chi connectivity index (χ2n) is 3.66. The van der Waals surface area contributed by atoms with Crippen LogP contribution in [-0.4, -0.2) is 24.1 Å². The third-order valence-corrected chi connectivity index (χ3v) is 2.01. The van der Waals surface area contributed by atoms with Crippen molar-refractivity contribution in [3.63, 3.8) is 0 Å². The average molecular weight is 191 g/mol. The van der Waals surface area contributed by atoms with Gasteiger partial charge in [0.2, 0.25) is 0 Å². The van der Waals surface area contributed by atoms with Gasteiger partial charge in [0.15, 0.2) is 0 Å². The van der Waals surface area contributed by atoms with Crippen molar-refractivity contribution in [2.75, 3.05) is 14.1 Å². The molecule has 1 atom stereocenters. The number of hydrogen-bond acceptors (Lipinski definition) is 2. The molecule has 0 aromatic heterocycles. The molecule has 0 heterocycles. The Kier molecular flexibility index (Phi) is 3.86. The molecule has 1 unspecified atom stereocenters. The molecule has 0 saturated carbocycles. The van der Waals surface area contributed by atoms with E-state index in [9.17, 15) is 5.11 Å². The Morgan fingerprint density at radius 2 is 2.21 bits per heavy atom. The van der Waals surface area contributed by atoms with Crippen molar-refractivity contribution in [2.24, 2.45) is 0 Å². The largest absolute Gasteiger partial charge is 0.384 e. The van der Waals surface area contributed by atoms with Crippen LogP contribution in [-0.2, 0) is 6.54 Å². The molecule has 2 nitrogen and oxygen atoms in total. The Bertz CT molecular complexity index is 307. The summed E-state index contributed by atoms with van der Waals surface area (Å²) in [5.41, 5.74) is 2.10. The third kappa shape index (κ3) is 2.98. The van der Waals surface area contributed by atoms with Gasteiger partial charge in [-0.15, -0.1) is 6.58 Å². The molecule has 0 aliphatic rings. The fraction of sp³-hybridized carbons (Fsp3) is 0.333. The van der Waals surface area contributed by atoms with Crippen LogP contribution in [0.2, 0.25) is 0 Å². The molecule has 1 rings (SSSR count). The molecule has 0 spiro atoms. The number of benzene rings is 1. The zero-order valence-corrected chi connectivity index (χ0v) is 8.77. The van der Waals surface area contributed by atoms with Crippen molar-refractivity contribution in [1.29, 1.82) is 0 Å². The molecule has 0 aliphatic carbocycles. The zero-order chi connectivity index (χ0) is 10.6. The van der Waals surface area contributed by atoms with E-state index in [2.05, 4.69) is 17.5 Å². The van der Waals surface area contributed by atoms with E-state index >= 15 is 0 Å².